The molecular weight excluding hydrogens is 230 g/mol. The van der Waals surface area contributed by atoms with E-state index < -0.39 is 22.6 Å². The number of carbonyl (C=O) groups excluding carboxylic acids is 2. The predicted octanol–water partition coefficient (Wildman–Crippen LogP) is 1.33. The molecule has 90 valence electrons. The van der Waals surface area contributed by atoms with Gasteiger partial charge in [-0.1, -0.05) is 0 Å². The maximum absolute atomic E-state index is 11.1. The number of carbonyl (C=O) groups is 2. The van der Waals surface area contributed by atoms with Gasteiger partial charge >= 0.3 is 11.9 Å². The van der Waals surface area contributed by atoms with Gasteiger partial charge in [-0.2, -0.15) is 0 Å². The van der Waals surface area contributed by atoms with Crippen molar-refractivity contribution in [1.82, 2.24) is 0 Å². The minimum atomic E-state index is -0.982. The summed E-state index contributed by atoms with van der Waals surface area (Å²) in [7, 11) is 0. The van der Waals surface area contributed by atoms with Crippen LogP contribution in [-0.4, -0.2) is 23.3 Å². The molecule has 1 aromatic heterocycles. The third-order valence-corrected chi connectivity index (χ3v) is 1.67. The third-order valence-electron chi connectivity index (χ3n) is 1.67. The highest BCUT2D eigenvalue weighted by molar-refractivity contribution is 6.39. The van der Waals surface area contributed by atoms with E-state index in [1.54, 1.807) is 6.92 Å². The molecule has 0 aliphatic carbocycles. The molecule has 0 radical (unpaired) electrons. The Bertz CT molecular complexity index is 473. The average Bonchev–Trinajstić information content (AvgIpc) is 2.75. The molecule has 1 rings (SSSR count). The van der Waals surface area contributed by atoms with Crippen LogP contribution in [0, 0.1) is 10.1 Å². The van der Waals surface area contributed by atoms with Gasteiger partial charge in [0.15, 0.2) is 0 Å². The largest absolute Gasteiger partial charge is 0.460 e. The van der Waals surface area contributed by atoms with Crippen LogP contribution in [0.25, 0.3) is 6.08 Å². The molecule has 0 saturated carbocycles. The van der Waals surface area contributed by atoms with Crippen LogP contribution >= 0.6 is 0 Å². The van der Waals surface area contributed by atoms with Crippen molar-refractivity contribution >= 4 is 23.7 Å². The van der Waals surface area contributed by atoms with Gasteiger partial charge in [0.25, 0.3) is 5.78 Å². The molecule has 0 amide bonds. The first kappa shape index (κ1) is 12.6. The third kappa shape index (κ3) is 3.56. The number of nitrogens with zero attached hydrogens (tertiary/aromatic N) is 1. The summed E-state index contributed by atoms with van der Waals surface area (Å²) in [6.07, 6.45) is 2.09. The van der Waals surface area contributed by atoms with Gasteiger partial charge < -0.3 is 9.15 Å². The van der Waals surface area contributed by atoms with Gasteiger partial charge in [-0.25, -0.2) is 4.79 Å². The van der Waals surface area contributed by atoms with E-state index in [0.29, 0.717) is 0 Å². The summed E-state index contributed by atoms with van der Waals surface area (Å²) in [4.78, 5) is 31.6. The lowest BCUT2D eigenvalue weighted by Gasteiger charge is -1.94. The number of ether oxygens (including phenoxy) is 1. The predicted molar refractivity (Wildman–Crippen MR) is 56.0 cm³/mol. The zero-order valence-corrected chi connectivity index (χ0v) is 8.91. The van der Waals surface area contributed by atoms with Crippen molar-refractivity contribution in [2.45, 2.75) is 6.92 Å². The van der Waals surface area contributed by atoms with E-state index in [9.17, 15) is 19.7 Å². The summed E-state index contributed by atoms with van der Waals surface area (Å²) in [6, 6.07) is 2.46. The van der Waals surface area contributed by atoms with Crippen molar-refractivity contribution in [3.8, 4) is 0 Å². The normalized spacial score (nSPS) is 10.4. The Morgan fingerprint density at radius 1 is 1.53 bits per heavy atom. The molecule has 1 heterocycles. The van der Waals surface area contributed by atoms with E-state index in [1.165, 1.54) is 6.07 Å². The fourth-order valence-corrected chi connectivity index (χ4v) is 0.958. The summed E-state index contributed by atoms with van der Waals surface area (Å²) in [5.74, 6) is -2.17. The fraction of sp³-hybridized carbons (Fsp3) is 0.200. The quantitative estimate of drug-likeness (QED) is 0.252. The van der Waals surface area contributed by atoms with Crippen molar-refractivity contribution in [1.29, 1.82) is 0 Å². The van der Waals surface area contributed by atoms with Crippen LogP contribution < -0.4 is 0 Å². The highest BCUT2D eigenvalue weighted by Gasteiger charge is 2.12. The van der Waals surface area contributed by atoms with E-state index in [0.717, 1.165) is 18.2 Å². The Balaban J connectivity index is 2.67. The van der Waals surface area contributed by atoms with E-state index >= 15 is 0 Å². The molecule has 7 nitrogen and oxygen atoms in total. The molecule has 7 heteroatoms. The molecule has 0 bridgehead atoms. The van der Waals surface area contributed by atoms with Crippen LogP contribution in [0.2, 0.25) is 0 Å². The Kier molecular flexibility index (Phi) is 4.15. The minimum absolute atomic E-state index is 0.102. The van der Waals surface area contributed by atoms with Crippen LogP contribution in [0.4, 0.5) is 5.88 Å². The fourth-order valence-electron chi connectivity index (χ4n) is 0.958. The SMILES string of the molecule is CCOC(=O)C(=O)/C=C/c1ccc([N+](=O)[O-])o1. The van der Waals surface area contributed by atoms with E-state index in [1.807, 2.05) is 0 Å². The Labute approximate surface area is 95.8 Å². The molecule has 0 aromatic carbocycles. The number of ketones is 1. The summed E-state index contributed by atoms with van der Waals surface area (Å²) in [5.41, 5.74) is 0. The topological polar surface area (TPSA) is 99.7 Å². The number of nitro groups is 1. The molecule has 0 fully saturated rings. The maximum atomic E-state index is 11.1. The van der Waals surface area contributed by atoms with E-state index in [2.05, 4.69) is 4.74 Å². The Morgan fingerprint density at radius 3 is 2.76 bits per heavy atom. The number of rotatable bonds is 5. The first-order valence-electron chi connectivity index (χ1n) is 4.68. The number of esters is 1. The lowest BCUT2D eigenvalue weighted by atomic mass is 10.3. The first-order chi connectivity index (χ1) is 8.04. The standard InChI is InChI=1S/C10H9NO6/c1-2-16-10(13)8(12)5-3-7-4-6-9(17-7)11(14)15/h3-6H,2H2,1H3/b5-3+. The second-order valence-electron chi connectivity index (χ2n) is 2.85. The molecule has 0 aliphatic rings. The molecule has 0 unspecified atom stereocenters. The van der Waals surface area contributed by atoms with Gasteiger partial charge in [-0.05, 0) is 25.1 Å². The van der Waals surface area contributed by atoms with Gasteiger partial charge in [0, 0.05) is 0 Å². The molecule has 0 atom stereocenters. The van der Waals surface area contributed by atoms with Gasteiger partial charge in [0.1, 0.15) is 10.7 Å². The Hall–Kier alpha value is -2.44. The Morgan fingerprint density at radius 2 is 2.24 bits per heavy atom. The number of hydrogen-bond donors (Lipinski definition) is 0. The van der Waals surface area contributed by atoms with Gasteiger partial charge in [-0.3, -0.25) is 14.9 Å². The van der Waals surface area contributed by atoms with E-state index in [4.69, 9.17) is 4.42 Å². The summed E-state index contributed by atoms with van der Waals surface area (Å²) in [6.45, 7) is 1.68. The molecule has 0 N–H and O–H groups in total. The molecule has 0 aliphatic heterocycles. The molecular formula is C10H9NO6. The first-order valence-corrected chi connectivity index (χ1v) is 4.68. The maximum Gasteiger partial charge on any atom is 0.433 e. The lowest BCUT2D eigenvalue weighted by Crippen LogP contribution is -2.14. The lowest BCUT2D eigenvalue weighted by molar-refractivity contribution is -0.402. The second-order valence-corrected chi connectivity index (χ2v) is 2.85. The zero-order valence-electron chi connectivity index (χ0n) is 8.91. The number of furan rings is 1. The van der Waals surface area contributed by atoms with Crippen LogP contribution in [0.5, 0.6) is 0 Å². The second kappa shape index (κ2) is 5.59. The van der Waals surface area contributed by atoms with Crippen molar-refractivity contribution in [3.05, 3.63) is 34.1 Å². The monoisotopic (exact) mass is 239 g/mol. The van der Waals surface area contributed by atoms with Crippen molar-refractivity contribution in [2.24, 2.45) is 0 Å². The molecule has 0 saturated heterocycles. The smallest absolute Gasteiger partial charge is 0.433 e. The van der Waals surface area contributed by atoms with Crippen LogP contribution in [0.3, 0.4) is 0 Å². The van der Waals surface area contributed by atoms with E-state index in [-0.39, 0.29) is 12.4 Å². The van der Waals surface area contributed by atoms with Crippen molar-refractivity contribution in [2.75, 3.05) is 6.61 Å². The average molecular weight is 239 g/mol. The van der Waals surface area contributed by atoms with Crippen molar-refractivity contribution < 1.29 is 23.7 Å². The van der Waals surface area contributed by atoms with Crippen LogP contribution in [0.15, 0.2) is 22.6 Å². The van der Waals surface area contributed by atoms with Crippen LogP contribution in [0.1, 0.15) is 12.7 Å². The molecule has 1 aromatic rings. The highest BCUT2D eigenvalue weighted by atomic mass is 16.6. The minimum Gasteiger partial charge on any atom is -0.460 e. The van der Waals surface area contributed by atoms with Gasteiger partial charge in [0.2, 0.25) is 0 Å². The summed E-state index contributed by atoms with van der Waals surface area (Å²) in [5, 5.41) is 10.3. The summed E-state index contributed by atoms with van der Waals surface area (Å²) >= 11 is 0. The van der Waals surface area contributed by atoms with Crippen molar-refractivity contribution in [3.63, 3.8) is 0 Å². The molecule has 0 spiro atoms. The molecule has 17 heavy (non-hydrogen) atoms. The van der Waals surface area contributed by atoms with Crippen LogP contribution in [-0.2, 0) is 14.3 Å². The van der Waals surface area contributed by atoms with Gasteiger partial charge in [-0.15, -0.1) is 0 Å². The summed E-state index contributed by atoms with van der Waals surface area (Å²) < 4.78 is 9.20. The number of hydrogen-bond acceptors (Lipinski definition) is 6. The van der Waals surface area contributed by atoms with Gasteiger partial charge in [0.05, 0.1) is 12.7 Å². The highest BCUT2D eigenvalue weighted by Crippen LogP contribution is 2.16. The zero-order chi connectivity index (χ0) is 12.8.